The van der Waals surface area contributed by atoms with Gasteiger partial charge in [0.1, 0.15) is 29.2 Å². The molecule has 1 aliphatic rings. The summed E-state index contributed by atoms with van der Waals surface area (Å²) in [5.74, 6) is -5.41. The summed E-state index contributed by atoms with van der Waals surface area (Å²) in [6.07, 6.45) is -4.50. The van der Waals surface area contributed by atoms with E-state index in [1.165, 1.54) is 24.3 Å². The highest BCUT2D eigenvalue weighted by Gasteiger charge is 2.38. The number of alkyl halides is 3. The molecule has 156 valence electrons. The average molecular weight is 420 g/mol. The summed E-state index contributed by atoms with van der Waals surface area (Å²) in [6, 6.07) is 6.72. The van der Waals surface area contributed by atoms with E-state index in [2.05, 4.69) is 10.6 Å². The SMILES string of the molecule is O=C(Nc1c(F)cccc1F)C1NCCc2cc(F)ccc21.O=C(O)C(F)(F)F. The third-order valence-electron chi connectivity index (χ3n) is 3.87. The second-order valence-corrected chi connectivity index (χ2v) is 5.87. The summed E-state index contributed by atoms with van der Waals surface area (Å²) < 4.78 is 72.2. The lowest BCUT2D eigenvalue weighted by atomic mass is 9.93. The summed E-state index contributed by atoms with van der Waals surface area (Å²) in [6.45, 7) is 0.480. The molecule has 3 rings (SSSR count). The molecule has 3 N–H and O–H groups in total. The molecule has 0 saturated carbocycles. The second-order valence-electron chi connectivity index (χ2n) is 5.87. The highest BCUT2D eigenvalue weighted by molar-refractivity contribution is 5.96. The van der Waals surface area contributed by atoms with Gasteiger partial charge in [-0.25, -0.2) is 18.0 Å². The van der Waals surface area contributed by atoms with Crippen LogP contribution < -0.4 is 10.6 Å². The number of hydrogen-bond acceptors (Lipinski definition) is 3. The number of carbonyl (C=O) groups is 2. The van der Waals surface area contributed by atoms with Crippen molar-refractivity contribution in [1.29, 1.82) is 0 Å². The standard InChI is InChI=1S/C16H13F3N2O.C2HF3O2/c17-10-4-5-11-9(8-10)6-7-20-14(11)16(22)21-15-12(18)2-1-3-13(15)19;3-2(4,5)1(6)7/h1-5,8,14,20H,6-7H2,(H,21,22);(H,6,7). The summed E-state index contributed by atoms with van der Waals surface area (Å²) in [5.41, 5.74) is 0.846. The van der Waals surface area contributed by atoms with Crippen molar-refractivity contribution in [2.45, 2.75) is 18.6 Å². The van der Waals surface area contributed by atoms with E-state index < -0.39 is 41.4 Å². The Morgan fingerprint density at radius 2 is 1.66 bits per heavy atom. The molecule has 0 radical (unpaired) electrons. The van der Waals surface area contributed by atoms with Gasteiger partial charge in [0.05, 0.1) is 0 Å². The van der Waals surface area contributed by atoms with Crippen LogP contribution in [0.25, 0.3) is 0 Å². The number of nitrogens with one attached hydrogen (secondary N) is 2. The van der Waals surface area contributed by atoms with Gasteiger partial charge >= 0.3 is 12.1 Å². The third-order valence-corrected chi connectivity index (χ3v) is 3.87. The van der Waals surface area contributed by atoms with Crippen LogP contribution >= 0.6 is 0 Å². The number of aliphatic carboxylic acids is 1. The first-order chi connectivity index (χ1) is 13.5. The van der Waals surface area contributed by atoms with Crippen LogP contribution in [0.2, 0.25) is 0 Å². The molecule has 1 unspecified atom stereocenters. The summed E-state index contributed by atoms with van der Waals surface area (Å²) >= 11 is 0. The Hall–Kier alpha value is -3.08. The molecule has 0 saturated heterocycles. The van der Waals surface area contributed by atoms with Gasteiger partial charge in [0, 0.05) is 6.54 Å². The number of carboxylic acid groups (broad SMARTS) is 1. The van der Waals surface area contributed by atoms with Gasteiger partial charge in [-0.3, -0.25) is 4.79 Å². The summed E-state index contributed by atoms with van der Waals surface area (Å²) in [4.78, 5) is 21.2. The Morgan fingerprint density at radius 1 is 1.07 bits per heavy atom. The number of carbonyl (C=O) groups excluding carboxylic acids is 1. The van der Waals surface area contributed by atoms with E-state index in [9.17, 15) is 31.1 Å². The van der Waals surface area contributed by atoms with Crippen molar-refractivity contribution in [2.24, 2.45) is 0 Å². The van der Waals surface area contributed by atoms with Crippen LogP contribution in [-0.4, -0.2) is 29.7 Å². The Morgan fingerprint density at radius 3 is 2.21 bits per heavy atom. The first-order valence-electron chi connectivity index (χ1n) is 8.07. The molecule has 1 heterocycles. The Bertz CT molecular complexity index is 897. The van der Waals surface area contributed by atoms with E-state index in [0.717, 1.165) is 12.1 Å². The fourth-order valence-electron chi connectivity index (χ4n) is 2.58. The second kappa shape index (κ2) is 8.95. The van der Waals surface area contributed by atoms with Gasteiger partial charge in [0.2, 0.25) is 5.91 Å². The number of anilines is 1. The van der Waals surface area contributed by atoms with E-state index in [4.69, 9.17) is 9.90 Å². The van der Waals surface area contributed by atoms with Gasteiger partial charge in [-0.1, -0.05) is 12.1 Å². The Balaban J connectivity index is 0.000000370. The highest BCUT2D eigenvalue weighted by Crippen LogP contribution is 2.26. The molecule has 0 bridgehead atoms. The van der Waals surface area contributed by atoms with Crippen molar-refractivity contribution in [1.82, 2.24) is 5.32 Å². The van der Waals surface area contributed by atoms with Crippen LogP contribution in [0, 0.1) is 17.5 Å². The molecule has 0 fully saturated rings. The van der Waals surface area contributed by atoms with E-state index in [1.807, 2.05) is 0 Å². The topological polar surface area (TPSA) is 78.4 Å². The number of rotatable bonds is 2. The molecule has 11 heteroatoms. The molecule has 29 heavy (non-hydrogen) atoms. The number of benzene rings is 2. The fourth-order valence-corrected chi connectivity index (χ4v) is 2.58. The highest BCUT2D eigenvalue weighted by atomic mass is 19.4. The molecule has 1 amide bonds. The molecule has 1 atom stereocenters. The molecule has 0 aromatic heterocycles. The zero-order valence-electron chi connectivity index (χ0n) is 14.5. The normalized spacial score (nSPS) is 15.6. The maximum Gasteiger partial charge on any atom is 0.490 e. The number of para-hydroxylation sites is 1. The summed E-state index contributed by atoms with van der Waals surface area (Å²) in [7, 11) is 0. The third kappa shape index (κ3) is 5.70. The number of amides is 1. The monoisotopic (exact) mass is 420 g/mol. The molecule has 2 aromatic carbocycles. The predicted octanol–water partition coefficient (Wildman–Crippen LogP) is 3.56. The lowest BCUT2D eigenvalue weighted by Gasteiger charge is -2.26. The van der Waals surface area contributed by atoms with Crippen molar-refractivity contribution >= 4 is 17.6 Å². The maximum atomic E-state index is 13.6. The first kappa shape index (κ1) is 22.2. The quantitative estimate of drug-likeness (QED) is 0.650. The minimum absolute atomic E-state index is 0.375. The van der Waals surface area contributed by atoms with Crippen LogP contribution in [0.5, 0.6) is 0 Å². The van der Waals surface area contributed by atoms with E-state index >= 15 is 0 Å². The van der Waals surface area contributed by atoms with Crippen molar-refractivity contribution in [3.63, 3.8) is 0 Å². The van der Waals surface area contributed by atoms with Gasteiger partial charge in [0.15, 0.2) is 0 Å². The zero-order chi connectivity index (χ0) is 21.8. The molecular weight excluding hydrogens is 406 g/mol. The van der Waals surface area contributed by atoms with Crippen molar-refractivity contribution in [3.05, 3.63) is 65.0 Å². The Kier molecular flexibility index (Phi) is 6.85. The molecule has 0 aliphatic carbocycles. The largest absolute Gasteiger partial charge is 0.490 e. The van der Waals surface area contributed by atoms with Gasteiger partial charge < -0.3 is 15.7 Å². The number of carboxylic acids is 1. The average Bonchev–Trinajstić information content (AvgIpc) is 2.63. The maximum absolute atomic E-state index is 13.6. The van der Waals surface area contributed by atoms with E-state index in [0.29, 0.717) is 24.1 Å². The van der Waals surface area contributed by atoms with Crippen molar-refractivity contribution < 1.29 is 41.0 Å². The van der Waals surface area contributed by atoms with Crippen molar-refractivity contribution in [2.75, 3.05) is 11.9 Å². The zero-order valence-corrected chi connectivity index (χ0v) is 14.5. The molecular formula is C18H14F6N2O3. The van der Waals surface area contributed by atoms with Crippen molar-refractivity contribution in [3.8, 4) is 0 Å². The van der Waals surface area contributed by atoms with Gasteiger partial charge in [-0.05, 0) is 41.8 Å². The number of fused-ring (bicyclic) bond motifs is 1. The molecule has 1 aliphatic heterocycles. The van der Waals surface area contributed by atoms with Crippen LogP contribution in [0.4, 0.5) is 32.0 Å². The van der Waals surface area contributed by atoms with Gasteiger partial charge in [-0.2, -0.15) is 13.2 Å². The van der Waals surface area contributed by atoms with E-state index in [1.54, 1.807) is 0 Å². The molecule has 5 nitrogen and oxygen atoms in total. The Labute approximate surface area is 160 Å². The predicted molar refractivity (Wildman–Crippen MR) is 89.5 cm³/mol. The van der Waals surface area contributed by atoms with Gasteiger partial charge in [0.25, 0.3) is 0 Å². The lowest BCUT2D eigenvalue weighted by molar-refractivity contribution is -0.192. The van der Waals surface area contributed by atoms with Crippen LogP contribution in [0.15, 0.2) is 36.4 Å². The smallest absolute Gasteiger partial charge is 0.475 e. The van der Waals surface area contributed by atoms with Crippen LogP contribution in [0.1, 0.15) is 17.2 Å². The first-order valence-corrected chi connectivity index (χ1v) is 8.07. The van der Waals surface area contributed by atoms with Crippen LogP contribution in [0.3, 0.4) is 0 Å². The minimum Gasteiger partial charge on any atom is -0.475 e. The summed E-state index contributed by atoms with van der Waals surface area (Å²) in [5, 5.41) is 12.4. The number of hydrogen-bond donors (Lipinski definition) is 3. The van der Waals surface area contributed by atoms with Crippen LogP contribution in [-0.2, 0) is 16.0 Å². The molecule has 2 aromatic rings. The number of halogens is 6. The lowest BCUT2D eigenvalue weighted by Crippen LogP contribution is -2.38. The van der Waals surface area contributed by atoms with Gasteiger partial charge in [-0.15, -0.1) is 0 Å². The molecule has 0 spiro atoms. The van der Waals surface area contributed by atoms with E-state index in [-0.39, 0.29) is 5.82 Å². The fraction of sp³-hybridized carbons (Fsp3) is 0.222. The minimum atomic E-state index is -5.08.